The van der Waals surface area contributed by atoms with Crippen LogP contribution in [0, 0.1) is 5.92 Å². The molecule has 6 heteroatoms. The van der Waals surface area contributed by atoms with Crippen molar-refractivity contribution in [2.75, 3.05) is 40.0 Å². The summed E-state index contributed by atoms with van der Waals surface area (Å²) in [6, 6.07) is 8.48. The molecule has 4 rings (SSSR count). The first kappa shape index (κ1) is 19.4. The van der Waals surface area contributed by atoms with Gasteiger partial charge in [0.15, 0.2) is 0 Å². The van der Waals surface area contributed by atoms with Gasteiger partial charge in [-0.15, -0.1) is 0 Å². The summed E-state index contributed by atoms with van der Waals surface area (Å²) in [6.45, 7) is 5.18. The molecule has 1 saturated heterocycles. The molecule has 0 unspecified atom stereocenters. The molecule has 1 atom stereocenters. The first-order chi connectivity index (χ1) is 13.8. The van der Waals surface area contributed by atoms with E-state index >= 15 is 0 Å². The van der Waals surface area contributed by atoms with Crippen molar-refractivity contribution in [2.45, 2.75) is 38.5 Å². The number of fused-ring (bicyclic) bond motifs is 1. The van der Waals surface area contributed by atoms with E-state index in [2.05, 4.69) is 40.3 Å². The fourth-order valence-electron chi connectivity index (χ4n) is 3.99. The van der Waals surface area contributed by atoms with Gasteiger partial charge in [0, 0.05) is 63.5 Å². The number of carbonyl (C=O) groups is 1. The van der Waals surface area contributed by atoms with E-state index in [0.717, 1.165) is 32.7 Å². The van der Waals surface area contributed by atoms with Crippen LogP contribution < -0.4 is 5.32 Å². The Balaban J connectivity index is 1.55. The highest BCUT2D eigenvalue weighted by Crippen LogP contribution is 2.31. The quantitative estimate of drug-likeness (QED) is 0.674. The third-order valence-corrected chi connectivity index (χ3v) is 5.67. The van der Waals surface area contributed by atoms with Crippen molar-refractivity contribution in [2.24, 2.45) is 5.92 Å². The highest BCUT2D eigenvalue weighted by Gasteiger charge is 2.32. The lowest BCUT2D eigenvalue weighted by Gasteiger charge is -2.30. The summed E-state index contributed by atoms with van der Waals surface area (Å²) in [5.41, 5.74) is 2.44. The number of methoxy groups -OCH3 is 1. The SMILES string of the molecule is COCCCn1cc(CN(CC2CC2)C(=O)[C@H]2CNCCO2)c2ccccc21. The highest BCUT2D eigenvalue weighted by atomic mass is 16.5. The van der Waals surface area contributed by atoms with Crippen molar-refractivity contribution in [1.82, 2.24) is 14.8 Å². The maximum Gasteiger partial charge on any atom is 0.253 e. The number of nitrogens with one attached hydrogen (secondary N) is 1. The van der Waals surface area contributed by atoms with E-state index in [0.29, 0.717) is 25.6 Å². The zero-order valence-corrected chi connectivity index (χ0v) is 16.7. The fraction of sp³-hybridized carbons (Fsp3) is 0.591. The molecule has 28 heavy (non-hydrogen) atoms. The second-order valence-corrected chi connectivity index (χ2v) is 7.94. The average molecular weight is 386 g/mol. The molecule has 2 aromatic rings. The smallest absolute Gasteiger partial charge is 0.253 e. The van der Waals surface area contributed by atoms with E-state index in [4.69, 9.17) is 9.47 Å². The number of aromatic nitrogens is 1. The normalized spacial score (nSPS) is 19.8. The zero-order chi connectivity index (χ0) is 19.3. The second-order valence-electron chi connectivity index (χ2n) is 7.94. The van der Waals surface area contributed by atoms with Crippen molar-refractivity contribution < 1.29 is 14.3 Å². The lowest BCUT2D eigenvalue weighted by Crippen LogP contribution is -2.49. The number of benzene rings is 1. The van der Waals surface area contributed by atoms with E-state index in [1.54, 1.807) is 7.11 Å². The molecule has 152 valence electrons. The van der Waals surface area contributed by atoms with Crippen molar-refractivity contribution in [3.8, 4) is 0 Å². The molecule has 1 aliphatic heterocycles. The topological polar surface area (TPSA) is 55.7 Å². The van der Waals surface area contributed by atoms with Crippen LogP contribution in [0.4, 0.5) is 0 Å². The Bertz CT molecular complexity index is 793. The minimum atomic E-state index is -0.359. The molecule has 1 N–H and O–H groups in total. The first-order valence-electron chi connectivity index (χ1n) is 10.4. The molecule has 1 aromatic heterocycles. The van der Waals surface area contributed by atoms with E-state index < -0.39 is 0 Å². The van der Waals surface area contributed by atoms with Crippen LogP contribution in [-0.2, 0) is 27.4 Å². The summed E-state index contributed by atoms with van der Waals surface area (Å²) in [5.74, 6) is 0.769. The van der Waals surface area contributed by atoms with Gasteiger partial charge < -0.3 is 24.3 Å². The molecule has 2 aliphatic rings. The van der Waals surface area contributed by atoms with Crippen molar-refractivity contribution in [1.29, 1.82) is 0 Å². The molecule has 6 nitrogen and oxygen atoms in total. The number of ether oxygens (including phenoxy) is 2. The van der Waals surface area contributed by atoms with Gasteiger partial charge in [0.1, 0.15) is 6.10 Å². The summed E-state index contributed by atoms with van der Waals surface area (Å²) in [5, 5.41) is 4.51. The summed E-state index contributed by atoms with van der Waals surface area (Å²) in [6.07, 6.45) is 5.29. The molecular formula is C22H31N3O3. The van der Waals surface area contributed by atoms with Crippen molar-refractivity contribution in [3.63, 3.8) is 0 Å². The monoisotopic (exact) mass is 385 g/mol. The highest BCUT2D eigenvalue weighted by molar-refractivity contribution is 5.85. The van der Waals surface area contributed by atoms with Crippen LogP contribution in [0.5, 0.6) is 0 Å². The number of nitrogens with zero attached hydrogens (tertiary/aromatic N) is 2. The van der Waals surface area contributed by atoms with Crippen molar-refractivity contribution in [3.05, 3.63) is 36.0 Å². The minimum absolute atomic E-state index is 0.121. The predicted molar refractivity (Wildman–Crippen MR) is 109 cm³/mol. The Morgan fingerprint density at radius 2 is 2.21 bits per heavy atom. The van der Waals surface area contributed by atoms with Crippen LogP contribution in [0.1, 0.15) is 24.8 Å². The number of aryl methyl sites for hydroxylation is 1. The van der Waals surface area contributed by atoms with Crippen LogP contribution in [0.25, 0.3) is 10.9 Å². The van der Waals surface area contributed by atoms with Crippen LogP contribution in [0.15, 0.2) is 30.5 Å². The summed E-state index contributed by atoms with van der Waals surface area (Å²) >= 11 is 0. The fourth-order valence-corrected chi connectivity index (χ4v) is 3.99. The maximum absolute atomic E-state index is 13.2. The van der Waals surface area contributed by atoms with Crippen molar-refractivity contribution >= 4 is 16.8 Å². The summed E-state index contributed by atoms with van der Waals surface area (Å²) < 4.78 is 13.2. The molecule has 1 aliphatic carbocycles. The molecule has 2 fully saturated rings. The Labute approximate surface area is 166 Å². The first-order valence-corrected chi connectivity index (χ1v) is 10.4. The number of hydrogen-bond donors (Lipinski definition) is 1. The Hall–Kier alpha value is -1.89. The predicted octanol–water partition coefficient (Wildman–Crippen LogP) is 2.40. The van der Waals surface area contributed by atoms with E-state index in [9.17, 15) is 4.79 Å². The Morgan fingerprint density at radius 3 is 2.96 bits per heavy atom. The zero-order valence-electron chi connectivity index (χ0n) is 16.7. The van der Waals surface area contributed by atoms with E-state index in [-0.39, 0.29) is 12.0 Å². The third-order valence-electron chi connectivity index (χ3n) is 5.67. The largest absolute Gasteiger partial charge is 0.385 e. The molecule has 0 spiro atoms. The number of rotatable bonds is 9. The molecule has 0 radical (unpaired) electrons. The van der Waals surface area contributed by atoms with Crippen LogP contribution in [0.2, 0.25) is 0 Å². The summed E-state index contributed by atoms with van der Waals surface area (Å²) in [7, 11) is 1.74. The van der Waals surface area contributed by atoms with E-state index in [1.165, 1.54) is 29.3 Å². The van der Waals surface area contributed by atoms with E-state index in [1.807, 2.05) is 4.90 Å². The Kier molecular flexibility index (Phi) is 6.29. The summed E-state index contributed by atoms with van der Waals surface area (Å²) in [4.78, 5) is 15.2. The third kappa shape index (κ3) is 4.57. The maximum atomic E-state index is 13.2. The second kappa shape index (κ2) is 9.07. The lowest BCUT2D eigenvalue weighted by molar-refractivity contribution is -0.146. The van der Waals surface area contributed by atoms with Gasteiger partial charge in [0.25, 0.3) is 5.91 Å². The van der Waals surface area contributed by atoms with Gasteiger partial charge >= 0.3 is 0 Å². The minimum Gasteiger partial charge on any atom is -0.385 e. The number of hydrogen-bond acceptors (Lipinski definition) is 4. The van der Waals surface area contributed by atoms with Gasteiger partial charge in [-0.25, -0.2) is 0 Å². The lowest BCUT2D eigenvalue weighted by atomic mass is 10.1. The molecule has 1 amide bonds. The van der Waals surface area contributed by atoms with Crippen LogP contribution in [-0.4, -0.2) is 61.4 Å². The number of morpholine rings is 1. The van der Waals surface area contributed by atoms with Gasteiger partial charge in [-0.05, 0) is 36.8 Å². The average Bonchev–Trinajstić information content (AvgIpc) is 3.49. The van der Waals surface area contributed by atoms with Crippen LogP contribution >= 0.6 is 0 Å². The van der Waals surface area contributed by atoms with Gasteiger partial charge in [-0.1, -0.05) is 18.2 Å². The number of carbonyl (C=O) groups excluding carboxylic acids is 1. The molecular weight excluding hydrogens is 354 g/mol. The molecule has 2 heterocycles. The van der Waals surface area contributed by atoms with Gasteiger partial charge in [0.05, 0.1) is 6.61 Å². The van der Waals surface area contributed by atoms with Gasteiger partial charge in [-0.2, -0.15) is 0 Å². The number of para-hydroxylation sites is 1. The van der Waals surface area contributed by atoms with Crippen LogP contribution in [0.3, 0.4) is 0 Å². The molecule has 1 aromatic carbocycles. The molecule has 1 saturated carbocycles. The molecule has 0 bridgehead atoms. The number of amides is 1. The standard InChI is InChI=1S/C22H31N3O3/c1-27-11-4-10-24-15-18(19-5-2-3-6-20(19)24)16-25(14-17-7-8-17)22(26)21-13-23-9-12-28-21/h2-3,5-6,15,17,21,23H,4,7-14,16H2,1H3/t21-/m1/s1. The van der Waals surface area contributed by atoms with Gasteiger partial charge in [0.2, 0.25) is 0 Å². The van der Waals surface area contributed by atoms with Gasteiger partial charge in [-0.3, -0.25) is 4.79 Å². The Morgan fingerprint density at radius 1 is 1.36 bits per heavy atom.